The normalized spacial score (nSPS) is 9.27. The molecule has 0 rings (SSSR count). The summed E-state index contributed by atoms with van der Waals surface area (Å²) in [7, 11) is -3.67. The minimum atomic E-state index is -3.67. The Morgan fingerprint density at radius 2 is 1.18 bits per heavy atom. The Hall–Kier alpha value is -1.15. The molecule has 0 spiro atoms. The van der Waals surface area contributed by atoms with Crippen LogP contribution in [0.1, 0.15) is 0 Å². The maximum Gasteiger partial charge on any atom is 0.414 e. The number of hydrogen-bond donors (Lipinski definition) is 3. The van der Waals surface area contributed by atoms with E-state index in [4.69, 9.17) is 24.4 Å². The molecule has 0 bridgehead atoms. The van der Waals surface area contributed by atoms with Crippen LogP contribution in [0.4, 0.5) is 0 Å². The maximum atomic E-state index is 9.19. The highest BCUT2D eigenvalue weighted by atomic mass is 32.2. The van der Waals surface area contributed by atoms with Gasteiger partial charge in [-0.1, -0.05) is 0 Å². The zero-order valence-electron chi connectivity index (χ0n) is 5.38. The van der Waals surface area contributed by atoms with E-state index in [1.54, 1.807) is 0 Å². The molecule has 11 heavy (non-hydrogen) atoms. The lowest BCUT2D eigenvalue weighted by Gasteiger charge is -1.72. The van der Waals surface area contributed by atoms with Gasteiger partial charge >= 0.3 is 11.9 Å². The van der Waals surface area contributed by atoms with Crippen molar-refractivity contribution in [3.8, 4) is 0 Å². The molecule has 0 aliphatic heterocycles. The molecule has 7 nitrogen and oxygen atoms in total. The molecule has 0 amide bonds. The molecule has 8 heteroatoms. The first-order chi connectivity index (χ1) is 4.64. The third-order valence-electron chi connectivity index (χ3n) is 0.183. The molecule has 0 saturated heterocycles. The molecule has 0 unspecified atom stereocenters. The van der Waals surface area contributed by atoms with Crippen LogP contribution in [0.2, 0.25) is 0 Å². The zero-order valence-corrected chi connectivity index (χ0v) is 6.20. The molecular formula is C3H6O7S. The molecule has 0 aromatic heterocycles. The predicted molar refractivity (Wildman–Crippen MR) is 32.7 cm³/mol. The number of hydrogen-bond acceptors (Lipinski definition) is 4. The first-order valence-electron chi connectivity index (χ1n) is 2.03. The molecule has 0 aliphatic rings. The van der Waals surface area contributed by atoms with Crippen LogP contribution in [0.3, 0.4) is 0 Å². The first-order valence-corrected chi connectivity index (χ1v) is 3.88. The molecule has 0 atom stereocenters. The van der Waals surface area contributed by atoms with E-state index >= 15 is 0 Å². The Labute approximate surface area is 62.0 Å². The van der Waals surface area contributed by atoms with E-state index in [1.807, 2.05) is 0 Å². The van der Waals surface area contributed by atoms with Gasteiger partial charge < -0.3 is 10.2 Å². The summed E-state index contributed by atoms with van der Waals surface area (Å²) in [5.41, 5.74) is 0. The van der Waals surface area contributed by atoms with Gasteiger partial charge in [0.2, 0.25) is 0 Å². The summed E-state index contributed by atoms with van der Waals surface area (Å²) in [5, 5.41) is 14.8. The molecule has 0 radical (unpaired) electrons. The number of aliphatic carboxylic acids is 2. The zero-order chi connectivity index (χ0) is 9.65. The van der Waals surface area contributed by atoms with E-state index in [1.165, 1.54) is 0 Å². The van der Waals surface area contributed by atoms with Gasteiger partial charge in [0.1, 0.15) is 0 Å². The Bertz CT molecular complexity index is 216. The first kappa shape index (κ1) is 12.5. The topological polar surface area (TPSA) is 129 Å². The SMILES string of the molecule is CS(=O)(=O)O.O=C(O)C(=O)O. The fourth-order valence-corrected chi connectivity index (χ4v) is 0. The quantitative estimate of drug-likeness (QED) is 0.315. The van der Waals surface area contributed by atoms with Crippen LogP contribution in [-0.2, 0) is 19.7 Å². The molecule has 0 aliphatic carbocycles. The van der Waals surface area contributed by atoms with Crippen molar-refractivity contribution >= 4 is 22.1 Å². The highest BCUT2D eigenvalue weighted by molar-refractivity contribution is 7.85. The minimum absolute atomic E-state index is 0.715. The van der Waals surface area contributed by atoms with Crippen LogP contribution >= 0.6 is 0 Å². The van der Waals surface area contributed by atoms with Gasteiger partial charge in [-0.2, -0.15) is 8.42 Å². The van der Waals surface area contributed by atoms with Gasteiger partial charge in [-0.25, -0.2) is 9.59 Å². The van der Waals surface area contributed by atoms with Crippen LogP contribution in [0.15, 0.2) is 0 Å². The molecule has 0 aromatic carbocycles. The fraction of sp³-hybridized carbons (Fsp3) is 0.333. The van der Waals surface area contributed by atoms with Gasteiger partial charge in [-0.15, -0.1) is 0 Å². The van der Waals surface area contributed by atoms with Crippen LogP contribution in [0, 0.1) is 0 Å². The third-order valence-corrected chi connectivity index (χ3v) is 0.183. The van der Waals surface area contributed by atoms with Gasteiger partial charge in [0.25, 0.3) is 10.1 Å². The van der Waals surface area contributed by atoms with E-state index in [9.17, 15) is 8.42 Å². The lowest BCUT2D eigenvalue weighted by Crippen LogP contribution is -2.09. The molecule has 0 heterocycles. The van der Waals surface area contributed by atoms with Gasteiger partial charge in [-0.05, 0) is 0 Å². The smallest absolute Gasteiger partial charge is 0.414 e. The summed E-state index contributed by atoms with van der Waals surface area (Å²) in [6, 6.07) is 0. The summed E-state index contributed by atoms with van der Waals surface area (Å²) < 4.78 is 25.9. The summed E-state index contributed by atoms with van der Waals surface area (Å²) in [6.07, 6.45) is 0.715. The van der Waals surface area contributed by atoms with Crippen LogP contribution in [-0.4, -0.2) is 41.4 Å². The Morgan fingerprint density at radius 1 is 1.09 bits per heavy atom. The van der Waals surface area contributed by atoms with E-state index in [2.05, 4.69) is 0 Å². The second-order valence-corrected chi connectivity index (χ2v) is 2.81. The van der Waals surface area contributed by atoms with Crippen molar-refractivity contribution in [3.05, 3.63) is 0 Å². The van der Waals surface area contributed by atoms with Crippen molar-refractivity contribution in [3.63, 3.8) is 0 Å². The van der Waals surface area contributed by atoms with Gasteiger partial charge in [-0.3, -0.25) is 4.55 Å². The average molecular weight is 186 g/mol. The van der Waals surface area contributed by atoms with Crippen molar-refractivity contribution in [2.45, 2.75) is 0 Å². The minimum Gasteiger partial charge on any atom is -0.473 e. The van der Waals surface area contributed by atoms with Crippen LogP contribution in [0.25, 0.3) is 0 Å². The van der Waals surface area contributed by atoms with Crippen molar-refractivity contribution in [2.24, 2.45) is 0 Å². The van der Waals surface area contributed by atoms with Crippen molar-refractivity contribution < 1.29 is 32.8 Å². The van der Waals surface area contributed by atoms with E-state index < -0.39 is 22.1 Å². The summed E-state index contributed by atoms with van der Waals surface area (Å²) in [4.78, 5) is 18.2. The molecular weight excluding hydrogens is 180 g/mol. The van der Waals surface area contributed by atoms with Crippen molar-refractivity contribution in [2.75, 3.05) is 6.26 Å². The van der Waals surface area contributed by atoms with Crippen molar-refractivity contribution in [1.82, 2.24) is 0 Å². The second-order valence-electron chi connectivity index (χ2n) is 1.34. The van der Waals surface area contributed by atoms with Crippen molar-refractivity contribution in [1.29, 1.82) is 0 Å². The fourth-order valence-electron chi connectivity index (χ4n) is 0. The highest BCUT2D eigenvalue weighted by Crippen LogP contribution is 1.60. The molecule has 0 fully saturated rings. The number of rotatable bonds is 0. The molecule has 0 saturated carbocycles. The predicted octanol–water partition coefficient (Wildman–Crippen LogP) is -1.34. The molecule has 66 valence electrons. The Kier molecular flexibility index (Phi) is 5.27. The number of carboxylic acid groups (broad SMARTS) is 2. The molecule has 0 aromatic rings. The summed E-state index contributed by atoms with van der Waals surface area (Å²) in [5.74, 6) is -3.65. The Balaban J connectivity index is 0. The standard InChI is InChI=1S/C2H2O4.CH4O3S/c3-1(4)2(5)6;1-5(2,3)4/h(H,3,4)(H,5,6);1H3,(H,2,3,4). The van der Waals surface area contributed by atoms with Gasteiger partial charge in [0.15, 0.2) is 0 Å². The third kappa shape index (κ3) is 51.1. The average Bonchev–Trinajstić information content (AvgIpc) is 1.59. The summed E-state index contributed by atoms with van der Waals surface area (Å²) in [6.45, 7) is 0. The van der Waals surface area contributed by atoms with E-state index in [0.29, 0.717) is 6.26 Å². The summed E-state index contributed by atoms with van der Waals surface area (Å²) >= 11 is 0. The lowest BCUT2D eigenvalue weighted by atomic mass is 10.7. The molecule has 3 N–H and O–H groups in total. The number of carbonyl (C=O) groups is 2. The largest absolute Gasteiger partial charge is 0.473 e. The van der Waals surface area contributed by atoms with E-state index in [0.717, 1.165) is 0 Å². The van der Waals surface area contributed by atoms with Crippen LogP contribution in [0.5, 0.6) is 0 Å². The van der Waals surface area contributed by atoms with Gasteiger partial charge in [0.05, 0.1) is 6.26 Å². The van der Waals surface area contributed by atoms with Crippen LogP contribution < -0.4 is 0 Å². The highest BCUT2D eigenvalue weighted by Gasteiger charge is 2.04. The number of carboxylic acids is 2. The Morgan fingerprint density at radius 3 is 1.18 bits per heavy atom. The second kappa shape index (κ2) is 4.63. The maximum absolute atomic E-state index is 9.19. The lowest BCUT2D eigenvalue weighted by molar-refractivity contribution is -0.159. The monoisotopic (exact) mass is 186 g/mol. The van der Waals surface area contributed by atoms with Gasteiger partial charge in [0, 0.05) is 0 Å². The van der Waals surface area contributed by atoms with E-state index in [-0.39, 0.29) is 0 Å².